The van der Waals surface area contributed by atoms with Crippen molar-refractivity contribution in [2.75, 3.05) is 17.7 Å². The zero-order valence-corrected chi connectivity index (χ0v) is 14.0. The number of ether oxygens (including phenoxy) is 1. The third kappa shape index (κ3) is 4.11. The van der Waals surface area contributed by atoms with Crippen molar-refractivity contribution in [1.82, 2.24) is 9.97 Å². The van der Waals surface area contributed by atoms with Crippen molar-refractivity contribution >= 4 is 23.1 Å². The monoisotopic (exact) mass is 334 g/mol. The minimum Gasteiger partial charge on any atom is -0.495 e. The SMILES string of the molecule is COc1ccccc1NC(=O)c1cc(Nc2cccc(C)c2)ncn1. The topological polar surface area (TPSA) is 76.1 Å². The van der Waals surface area contributed by atoms with Gasteiger partial charge >= 0.3 is 0 Å². The average Bonchev–Trinajstić information content (AvgIpc) is 2.62. The number of hydrogen-bond acceptors (Lipinski definition) is 5. The van der Waals surface area contributed by atoms with Gasteiger partial charge in [-0.1, -0.05) is 24.3 Å². The molecule has 0 spiro atoms. The molecule has 0 aliphatic carbocycles. The highest BCUT2D eigenvalue weighted by Gasteiger charge is 2.12. The predicted octanol–water partition coefficient (Wildman–Crippen LogP) is 3.79. The Morgan fingerprint density at radius 1 is 1.04 bits per heavy atom. The quantitative estimate of drug-likeness (QED) is 0.742. The van der Waals surface area contributed by atoms with Crippen LogP contribution in [0.5, 0.6) is 5.75 Å². The molecule has 0 saturated heterocycles. The maximum absolute atomic E-state index is 12.5. The van der Waals surface area contributed by atoms with Crippen LogP contribution in [0.2, 0.25) is 0 Å². The van der Waals surface area contributed by atoms with Crippen LogP contribution in [0.1, 0.15) is 16.1 Å². The van der Waals surface area contributed by atoms with Gasteiger partial charge in [-0.15, -0.1) is 0 Å². The summed E-state index contributed by atoms with van der Waals surface area (Å²) in [4.78, 5) is 20.7. The Kier molecular flexibility index (Phi) is 4.89. The standard InChI is InChI=1S/C19H18N4O2/c1-13-6-5-7-14(10-13)22-18-11-16(20-12-21-18)19(24)23-15-8-3-4-9-17(15)25-2/h3-12H,1-2H3,(H,23,24)(H,20,21,22). The largest absolute Gasteiger partial charge is 0.495 e. The molecule has 2 N–H and O–H groups in total. The number of nitrogens with one attached hydrogen (secondary N) is 2. The molecule has 25 heavy (non-hydrogen) atoms. The number of hydrogen-bond donors (Lipinski definition) is 2. The molecule has 1 aromatic heterocycles. The maximum Gasteiger partial charge on any atom is 0.274 e. The molecule has 0 aliphatic rings. The summed E-state index contributed by atoms with van der Waals surface area (Å²) in [6, 6.07) is 16.7. The molecule has 126 valence electrons. The summed E-state index contributed by atoms with van der Waals surface area (Å²) >= 11 is 0. The molecule has 0 fully saturated rings. The third-order valence-corrected chi connectivity index (χ3v) is 3.55. The first-order valence-corrected chi connectivity index (χ1v) is 7.76. The fourth-order valence-corrected chi connectivity index (χ4v) is 2.35. The number of amides is 1. The van der Waals surface area contributed by atoms with Crippen molar-refractivity contribution in [2.24, 2.45) is 0 Å². The lowest BCUT2D eigenvalue weighted by Gasteiger charge is -2.10. The number of para-hydroxylation sites is 2. The van der Waals surface area contributed by atoms with E-state index in [1.807, 2.05) is 43.3 Å². The van der Waals surface area contributed by atoms with E-state index in [1.54, 1.807) is 25.3 Å². The molecule has 1 heterocycles. The van der Waals surface area contributed by atoms with Gasteiger partial charge in [-0.2, -0.15) is 0 Å². The second-order valence-corrected chi connectivity index (χ2v) is 5.44. The summed E-state index contributed by atoms with van der Waals surface area (Å²) < 4.78 is 5.24. The van der Waals surface area contributed by atoms with Gasteiger partial charge in [0, 0.05) is 11.8 Å². The molecule has 0 saturated carbocycles. The van der Waals surface area contributed by atoms with Crippen LogP contribution in [0.4, 0.5) is 17.2 Å². The minimum atomic E-state index is -0.334. The summed E-state index contributed by atoms with van der Waals surface area (Å²) in [6.07, 6.45) is 1.36. The van der Waals surface area contributed by atoms with Gasteiger partial charge in [0.2, 0.25) is 0 Å². The molecule has 0 bridgehead atoms. The number of carbonyl (C=O) groups is 1. The van der Waals surface area contributed by atoms with Crippen molar-refractivity contribution in [1.29, 1.82) is 0 Å². The molecule has 1 amide bonds. The number of methoxy groups -OCH3 is 1. The van der Waals surface area contributed by atoms with Gasteiger partial charge < -0.3 is 15.4 Å². The van der Waals surface area contributed by atoms with Crippen molar-refractivity contribution in [3.05, 3.63) is 72.2 Å². The Labute approximate surface area is 145 Å². The molecule has 3 aromatic rings. The van der Waals surface area contributed by atoms with E-state index in [0.717, 1.165) is 11.3 Å². The molecule has 6 heteroatoms. The highest BCUT2D eigenvalue weighted by Crippen LogP contribution is 2.23. The smallest absolute Gasteiger partial charge is 0.274 e. The molecule has 6 nitrogen and oxygen atoms in total. The fourth-order valence-electron chi connectivity index (χ4n) is 2.35. The Hall–Kier alpha value is -3.41. The summed E-state index contributed by atoms with van der Waals surface area (Å²) in [5.74, 6) is 0.799. The van der Waals surface area contributed by atoms with Gasteiger partial charge in [0.25, 0.3) is 5.91 Å². The highest BCUT2D eigenvalue weighted by atomic mass is 16.5. The van der Waals surface area contributed by atoms with E-state index in [2.05, 4.69) is 20.6 Å². The maximum atomic E-state index is 12.5. The second kappa shape index (κ2) is 7.44. The second-order valence-electron chi connectivity index (χ2n) is 5.44. The van der Waals surface area contributed by atoms with Crippen LogP contribution < -0.4 is 15.4 Å². The van der Waals surface area contributed by atoms with Crippen molar-refractivity contribution < 1.29 is 9.53 Å². The van der Waals surface area contributed by atoms with E-state index >= 15 is 0 Å². The summed E-state index contributed by atoms with van der Waals surface area (Å²) in [5, 5.41) is 5.97. The fraction of sp³-hybridized carbons (Fsp3) is 0.105. The Morgan fingerprint density at radius 3 is 2.68 bits per heavy atom. The predicted molar refractivity (Wildman–Crippen MR) is 97.4 cm³/mol. The van der Waals surface area contributed by atoms with Crippen LogP contribution in [0.25, 0.3) is 0 Å². The van der Waals surface area contributed by atoms with Crippen molar-refractivity contribution in [2.45, 2.75) is 6.92 Å². The van der Waals surface area contributed by atoms with Gasteiger partial charge in [0.15, 0.2) is 0 Å². The van der Waals surface area contributed by atoms with Gasteiger partial charge in [0.05, 0.1) is 12.8 Å². The van der Waals surface area contributed by atoms with Crippen LogP contribution in [0.15, 0.2) is 60.9 Å². The summed E-state index contributed by atoms with van der Waals surface area (Å²) in [5.41, 5.74) is 2.88. The average molecular weight is 334 g/mol. The number of anilines is 3. The summed E-state index contributed by atoms with van der Waals surface area (Å²) in [6.45, 7) is 2.01. The molecule has 0 radical (unpaired) electrons. The van der Waals surface area contributed by atoms with Gasteiger partial charge in [-0.3, -0.25) is 4.79 Å². The normalized spacial score (nSPS) is 10.2. The number of carbonyl (C=O) groups excluding carboxylic acids is 1. The van der Waals surface area contributed by atoms with E-state index in [9.17, 15) is 4.79 Å². The molecular formula is C19H18N4O2. The lowest BCUT2D eigenvalue weighted by Crippen LogP contribution is -2.15. The number of aryl methyl sites for hydroxylation is 1. The lowest BCUT2D eigenvalue weighted by molar-refractivity contribution is 0.102. The molecule has 3 rings (SSSR count). The van der Waals surface area contributed by atoms with E-state index in [-0.39, 0.29) is 11.6 Å². The van der Waals surface area contributed by atoms with Crippen LogP contribution >= 0.6 is 0 Å². The Bertz CT molecular complexity index is 896. The van der Waals surface area contributed by atoms with Crippen LogP contribution in [0.3, 0.4) is 0 Å². The molecule has 0 atom stereocenters. The number of nitrogens with zero attached hydrogens (tertiary/aromatic N) is 2. The first-order valence-electron chi connectivity index (χ1n) is 7.76. The lowest BCUT2D eigenvalue weighted by atomic mass is 10.2. The number of aromatic nitrogens is 2. The molecule has 0 aliphatic heterocycles. The van der Waals surface area contributed by atoms with E-state index in [4.69, 9.17) is 4.74 Å². The zero-order chi connectivity index (χ0) is 17.6. The molecule has 2 aromatic carbocycles. The highest BCUT2D eigenvalue weighted by molar-refractivity contribution is 6.04. The van der Waals surface area contributed by atoms with Crippen LogP contribution in [-0.2, 0) is 0 Å². The first-order chi connectivity index (χ1) is 12.2. The zero-order valence-electron chi connectivity index (χ0n) is 14.0. The van der Waals surface area contributed by atoms with E-state index in [0.29, 0.717) is 17.3 Å². The van der Waals surface area contributed by atoms with Crippen molar-refractivity contribution in [3.8, 4) is 5.75 Å². The van der Waals surface area contributed by atoms with Gasteiger partial charge in [-0.05, 0) is 36.8 Å². The third-order valence-electron chi connectivity index (χ3n) is 3.55. The van der Waals surface area contributed by atoms with Gasteiger partial charge in [0.1, 0.15) is 23.6 Å². The summed E-state index contributed by atoms with van der Waals surface area (Å²) in [7, 11) is 1.56. The molecular weight excluding hydrogens is 316 g/mol. The van der Waals surface area contributed by atoms with Crippen LogP contribution in [0, 0.1) is 6.92 Å². The first kappa shape index (κ1) is 16.4. The number of rotatable bonds is 5. The van der Waals surface area contributed by atoms with E-state index in [1.165, 1.54) is 6.33 Å². The van der Waals surface area contributed by atoms with Crippen LogP contribution in [-0.4, -0.2) is 23.0 Å². The Morgan fingerprint density at radius 2 is 1.88 bits per heavy atom. The number of benzene rings is 2. The van der Waals surface area contributed by atoms with E-state index < -0.39 is 0 Å². The minimum absolute atomic E-state index is 0.260. The molecule has 0 unspecified atom stereocenters. The van der Waals surface area contributed by atoms with Crippen molar-refractivity contribution in [3.63, 3.8) is 0 Å². The Balaban J connectivity index is 1.77. The van der Waals surface area contributed by atoms with Gasteiger partial charge in [-0.25, -0.2) is 9.97 Å².